The second kappa shape index (κ2) is 5.63. The quantitative estimate of drug-likeness (QED) is 0.750. The molecule has 3 rings (SSSR count). The molecule has 0 unspecified atom stereocenters. The normalized spacial score (nSPS) is 10.5. The molecule has 1 N–H and O–H groups in total. The van der Waals surface area contributed by atoms with Crippen molar-refractivity contribution >= 4 is 16.9 Å². The summed E-state index contributed by atoms with van der Waals surface area (Å²) in [7, 11) is 0. The maximum Gasteiger partial charge on any atom is 0.315 e. The Morgan fingerprint density at radius 2 is 1.71 bits per heavy atom. The van der Waals surface area contributed by atoms with Crippen LogP contribution in [-0.2, 0) is 11.2 Å². The zero-order valence-electron chi connectivity index (χ0n) is 11.2. The van der Waals surface area contributed by atoms with Crippen LogP contribution in [0.1, 0.15) is 5.56 Å². The lowest BCUT2D eigenvalue weighted by atomic mass is 10.1. The van der Waals surface area contributed by atoms with E-state index in [1.807, 2.05) is 42.5 Å². The Kier molecular flexibility index (Phi) is 3.51. The van der Waals surface area contributed by atoms with Crippen LogP contribution in [0.5, 0.6) is 5.75 Å². The molecule has 3 aromatic rings. The van der Waals surface area contributed by atoms with Crippen LogP contribution in [0, 0.1) is 0 Å². The first kappa shape index (κ1) is 13.1. The number of H-pyrrole nitrogens is 1. The Balaban J connectivity index is 1.88. The number of aromatic nitrogens is 1. The highest BCUT2D eigenvalue weighted by molar-refractivity contribution is 5.87. The average molecular weight is 279 g/mol. The molecule has 0 bridgehead atoms. The van der Waals surface area contributed by atoms with E-state index in [9.17, 15) is 9.59 Å². The summed E-state index contributed by atoms with van der Waals surface area (Å²) >= 11 is 0. The van der Waals surface area contributed by atoms with Gasteiger partial charge >= 0.3 is 5.97 Å². The number of aromatic amines is 1. The summed E-state index contributed by atoms with van der Waals surface area (Å²) in [5.41, 5.74) is 1.22. The van der Waals surface area contributed by atoms with E-state index in [1.165, 1.54) is 6.07 Å². The predicted octanol–water partition coefficient (Wildman–Crippen LogP) is 2.68. The summed E-state index contributed by atoms with van der Waals surface area (Å²) in [6.45, 7) is 0. The predicted molar refractivity (Wildman–Crippen MR) is 80.3 cm³/mol. The molecule has 21 heavy (non-hydrogen) atoms. The Bertz CT molecular complexity index is 837. The molecule has 0 aliphatic heterocycles. The molecule has 0 saturated carbocycles. The number of pyridine rings is 1. The molecule has 0 aliphatic rings. The number of carbonyl (C=O) groups is 1. The van der Waals surface area contributed by atoms with Gasteiger partial charge in [-0.2, -0.15) is 0 Å². The number of nitrogens with one attached hydrogen (secondary N) is 1. The molecule has 0 atom stereocenters. The lowest BCUT2D eigenvalue weighted by Crippen LogP contribution is -2.14. The minimum Gasteiger partial charge on any atom is -0.425 e. The third-order valence-electron chi connectivity index (χ3n) is 3.13. The maximum atomic E-state index is 12.0. The molecular formula is C17H13NO3. The van der Waals surface area contributed by atoms with Gasteiger partial charge in [0.05, 0.1) is 11.9 Å². The maximum absolute atomic E-state index is 12.0. The SMILES string of the molecule is O=C(Cc1ccccc1)Oc1cc(=O)[nH]c2ccccc12. The highest BCUT2D eigenvalue weighted by Crippen LogP contribution is 2.22. The van der Waals surface area contributed by atoms with Crippen LogP contribution in [0.2, 0.25) is 0 Å². The van der Waals surface area contributed by atoms with Crippen molar-refractivity contribution in [3.8, 4) is 5.75 Å². The van der Waals surface area contributed by atoms with Crippen LogP contribution in [0.3, 0.4) is 0 Å². The molecule has 0 fully saturated rings. The first-order chi connectivity index (χ1) is 10.2. The van der Waals surface area contributed by atoms with Crippen LogP contribution in [0.25, 0.3) is 10.9 Å². The fourth-order valence-electron chi connectivity index (χ4n) is 2.18. The topological polar surface area (TPSA) is 59.2 Å². The van der Waals surface area contributed by atoms with E-state index >= 15 is 0 Å². The van der Waals surface area contributed by atoms with Crippen molar-refractivity contribution in [3.05, 3.63) is 76.6 Å². The Morgan fingerprint density at radius 3 is 2.52 bits per heavy atom. The molecule has 4 heteroatoms. The monoisotopic (exact) mass is 279 g/mol. The molecular weight excluding hydrogens is 266 g/mol. The Labute approximate surface area is 121 Å². The molecule has 0 radical (unpaired) electrons. The van der Waals surface area contributed by atoms with E-state index in [1.54, 1.807) is 12.1 Å². The van der Waals surface area contributed by atoms with Crippen molar-refractivity contribution in [2.45, 2.75) is 6.42 Å². The third kappa shape index (κ3) is 3.00. The molecule has 1 aromatic heterocycles. The first-order valence-electron chi connectivity index (χ1n) is 6.59. The second-order valence-electron chi connectivity index (χ2n) is 4.68. The number of carbonyl (C=O) groups excluding carboxylic acids is 1. The molecule has 0 aliphatic carbocycles. The fourth-order valence-corrected chi connectivity index (χ4v) is 2.18. The van der Waals surface area contributed by atoms with Gasteiger partial charge in [0, 0.05) is 11.5 Å². The van der Waals surface area contributed by atoms with Gasteiger partial charge in [-0.3, -0.25) is 9.59 Å². The Morgan fingerprint density at radius 1 is 1.00 bits per heavy atom. The summed E-state index contributed by atoms with van der Waals surface area (Å²) in [5, 5.41) is 0.707. The van der Waals surface area contributed by atoms with E-state index in [2.05, 4.69) is 4.98 Å². The van der Waals surface area contributed by atoms with Crippen molar-refractivity contribution < 1.29 is 9.53 Å². The van der Waals surface area contributed by atoms with Gasteiger partial charge in [-0.05, 0) is 17.7 Å². The van der Waals surface area contributed by atoms with Gasteiger partial charge < -0.3 is 9.72 Å². The van der Waals surface area contributed by atoms with Gasteiger partial charge in [0.2, 0.25) is 0 Å². The number of benzene rings is 2. The van der Waals surface area contributed by atoms with Gasteiger partial charge in [-0.15, -0.1) is 0 Å². The summed E-state index contributed by atoms with van der Waals surface area (Å²) in [4.78, 5) is 26.3. The summed E-state index contributed by atoms with van der Waals surface area (Å²) in [6.07, 6.45) is 0.169. The first-order valence-corrected chi connectivity index (χ1v) is 6.59. The van der Waals surface area contributed by atoms with Crippen molar-refractivity contribution in [2.75, 3.05) is 0 Å². The van der Waals surface area contributed by atoms with Crippen molar-refractivity contribution in [2.24, 2.45) is 0 Å². The number of ether oxygens (including phenoxy) is 1. The van der Waals surface area contributed by atoms with Gasteiger partial charge in [0.15, 0.2) is 0 Å². The largest absolute Gasteiger partial charge is 0.425 e. The zero-order valence-corrected chi connectivity index (χ0v) is 11.2. The number of hydrogen-bond acceptors (Lipinski definition) is 3. The molecule has 104 valence electrons. The van der Waals surface area contributed by atoms with Crippen molar-refractivity contribution in [1.82, 2.24) is 4.98 Å². The van der Waals surface area contributed by atoms with Gasteiger partial charge in [-0.1, -0.05) is 42.5 Å². The smallest absolute Gasteiger partial charge is 0.315 e. The summed E-state index contributed by atoms with van der Waals surface area (Å²) in [6, 6.07) is 17.8. The van der Waals surface area contributed by atoms with E-state index in [0.29, 0.717) is 10.9 Å². The number of rotatable bonds is 3. The average Bonchev–Trinajstić information content (AvgIpc) is 2.48. The molecule has 2 aromatic carbocycles. The summed E-state index contributed by atoms with van der Waals surface area (Å²) in [5.74, 6) is -0.104. The molecule has 0 spiro atoms. The molecule has 4 nitrogen and oxygen atoms in total. The van der Waals surface area contributed by atoms with Crippen LogP contribution in [0.4, 0.5) is 0 Å². The van der Waals surface area contributed by atoms with Crippen LogP contribution in [0.15, 0.2) is 65.5 Å². The summed E-state index contributed by atoms with van der Waals surface area (Å²) < 4.78 is 5.35. The van der Waals surface area contributed by atoms with E-state index in [0.717, 1.165) is 5.56 Å². The minimum atomic E-state index is -0.392. The van der Waals surface area contributed by atoms with Crippen LogP contribution < -0.4 is 10.3 Å². The van der Waals surface area contributed by atoms with E-state index < -0.39 is 5.97 Å². The lowest BCUT2D eigenvalue weighted by Gasteiger charge is -2.07. The highest BCUT2D eigenvalue weighted by atomic mass is 16.5. The lowest BCUT2D eigenvalue weighted by molar-refractivity contribution is -0.133. The molecule has 0 amide bonds. The zero-order chi connectivity index (χ0) is 14.7. The van der Waals surface area contributed by atoms with Gasteiger partial charge in [0.25, 0.3) is 5.56 Å². The standard InChI is InChI=1S/C17H13NO3/c19-16-11-15(13-8-4-5-9-14(13)18-16)21-17(20)10-12-6-2-1-3-7-12/h1-9,11H,10H2,(H,18,19). The van der Waals surface area contributed by atoms with Gasteiger partial charge in [0.1, 0.15) is 5.75 Å². The van der Waals surface area contributed by atoms with E-state index in [-0.39, 0.29) is 17.7 Å². The van der Waals surface area contributed by atoms with E-state index in [4.69, 9.17) is 4.74 Å². The highest BCUT2D eigenvalue weighted by Gasteiger charge is 2.10. The third-order valence-corrected chi connectivity index (χ3v) is 3.13. The van der Waals surface area contributed by atoms with Crippen LogP contribution >= 0.6 is 0 Å². The number of para-hydroxylation sites is 1. The second-order valence-corrected chi connectivity index (χ2v) is 4.68. The van der Waals surface area contributed by atoms with Gasteiger partial charge in [-0.25, -0.2) is 0 Å². The molecule has 0 saturated heterocycles. The van der Waals surface area contributed by atoms with Crippen LogP contribution in [-0.4, -0.2) is 11.0 Å². The number of hydrogen-bond donors (Lipinski definition) is 1. The number of fused-ring (bicyclic) bond motifs is 1. The van der Waals surface area contributed by atoms with Crippen molar-refractivity contribution in [1.29, 1.82) is 0 Å². The minimum absolute atomic E-state index is 0.169. The fraction of sp³-hybridized carbons (Fsp3) is 0.0588. The van der Waals surface area contributed by atoms with Crippen molar-refractivity contribution in [3.63, 3.8) is 0 Å². The number of esters is 1. The molecule has 1 heterocycles. The Hall–Kier alpha value is -2.88.